The second-order valence-corrected chi connectivity index (χ2v) is 3.00. The lowest BCUT2D eigenvalue weighted by atomic mass is 10.1. The highest BCUT2D eigenvalue weighted by molar-refractivity contribution is 4.99. The predicted octanol–water partition coefficient (Wildman–Crippen LogP) is 4.26. The Morgan fingerprint density at radius 1 is 1.33 bits per heavy atom. The first-order valence-corrected chi connectivity index (χ1v) is 4.74. The normalized spacial score (nSPS) is 12.3. The van der Waals surface area contributed by atoms with Gasteiger partial charge >= 0.3 is 0 Å². The maximum Gasteiger partial charge on any atom is -0.0345 e. The Morgan fingerprint density at radius 2 is 2.08 bits per heavy atom. The van der Waals surface area contributed by atoms with Crippen LogP contribution in [-0.4, -0.2) is 0 Å². The third kappa shape index (κ3) is 7.33. The molecular formula is C12H20. The lowest BCUT2D eigenvalue weighted by molar-refractivity contribution is 0.856. The van der Waals surface area contributed by atoms with E-state index < -0.39 is 0 Å². The number of unbranched alkanes of at least 4 members (excludes halogenated alkanes) is 2. The largest absolute Gasteiger partial charge is 0.0991 e. The van der Waals surface area contributed by atoms with E-state index in [0.29, 0.717) is 0 Å². The van der Waals surface area contributed by atoms with Crippen molar-refractivity contribution in [3.8, 4) is 0 Å². The highest BCUT2D eigenvalue weighted by Gasteiger charge is 1.83. The van der Waals surface area contributed by atoms with Crippen LogP contribution in [0, 0.1) is 0 Å². The molecular weight excluding hydrogens is 144 g/mol. The van der Waals surface area contributed by atoms with E-state index in [9.17, 15) is 0 Å². The molecule has 0 radical (unpaired) electrons. The number of hydrogen-bond acceptors (Lipinski definition) is 0. The van der Waals surface area contributed by atoms with Crippen molar-refractivity contribution in [1.29, 1.82) is 0 Å². The third-order valence-corrected chi connectivity index (χ3v) is 1.90. The zero-order valence-electron chi connectivity index (χ0n) is 8.34. The van der Waals surface area contributed by atoms with Crippen LogP contribution in [0.3, 0.4) is 0 Å². The number of rotatable bonds is 6. The van der Waals surface area contributed by atoms with Crippen LogP contribution in [0.2, 0.25) is 0 Å². The molecule has 0 heterocycles. The highest BCUT2D eigenvalue weighted by Crippen LogP contribution is 2.04. The first kappa shape index (κ1) is 11.2. The molecule has 0 unspecified atom stereocenters. The molecule has 0 heteroatoms. The Kier molecular flexibility index (Phi) is 7.78. The van der Waals surface area contributed by atoms with Crippen molar-refractivity contribution in [2.45, 2.75) is 39.5 Å². The average Bonchev–Trinajstić information content (AvgIpc) is 2.10. The van der Waals surface area contributed by atoms with Gasteiger partial charge in [-0.25, -0.2) is 0 Å². The third-order valence-electron chi connectivity index (χ3n) is 1.90. The Bertz CT molecular complexity index is 161. The molecule has 0 nitrogen and oxygen atoms in total. The fourth-order valence-electron chi connectivity index (χ4n) is 0.921. The molecule has 0 aliphatic heterocycles. The van der Waals surface area contributed by atoms with Crippen LogP contribution in [0.4, 0.5) is 0 Å². The van der Waals surface area contributed by atoms with Crippen molar-refractivity contribution in [2.75, 3.05) is 0 Å². The summed E-state index contributed by atoms with van der Waals surface area (Å²) in [7, 11) is 0. The van der Waals surface area contributed by atoms with E-state index in [4.69, 9.17) is 0 Å². The lowest BCUT2D eigenvalue weighted by Gasteiger charge is -1.94. The van der Waals surface area contributed by atoms with Gasteiger partial charge in [0.25, 0.3) is 0 Å². The number of hydrogen-bond donors (Lipinski definition) is 0. The summed E-state index contributed by atoms with van der Waals surface area (Å²) >= 11 is 0. The first-order valence-electron chi connectivity index (χ1n) is 4.74. The first-order chi connectivity index (χ1) is 5.81. The van der Waals surface area contributed by atoms with Crippen molar-refractivity contribution in [3.63, 3.8) is 0 Å². The van der Waals surface area contributed by atoms with Gasteiger partial charge in [-0.3, -0.25) is 0 Å². The van der Waals surface area contributed by atoms with E-state index in [2.05, 4.69) is 32.6 Å². The van der Waals surface area contributed by atoms with Gasteiger partial charge in [0.1, 0.15) is 0 Å². The monoisotopic (exact) mass is 164 g/mol. The van der Waals surface area contributed by atoms with Crippen LogP contribution >= 0.6 is 0 Å². The van der Waals surface area contributed by atoms with Gasteiger partial charge in [0.05, 0.1) is 0 Å². The van der Waals surface area contributed by atoms with Gasteiger partial charge in [0.2, 0.25) is 0 Å². The molecule has 0 aliphatic rings. The Balaban J connectivity index is 3.32. The van der Waals surface area contributed by atoms with Crippen LogP contribution in [-0.2, 0) is 0 Å². The van der Waals surface area contributed by atoms with E-state index in [0.717, 1.165) is 0 Å². The Labute approximate surface area is 76.7 Å². The van der Waals surface area contributed by atoms with E-state index in [1.165, 1.54) is 31.3 Å². The second kappa shape index (κ2) is 8.32. The second-order valence-electron chi connectivity index (χ2n) is 3.00. The van der Waals surface area contributed by atoms with Gasteiger partial charge in [0.15, 0.2) is 0 Å². The number of allylic oxidation sites excluding steroid dienone is 5. The highest BCUT2D eigenvalue weighted by atomic mass is 13.9. The molecule has 0 aromatic rings. The van der Waals surface area contributed by atoms with Gasteiger partial charge in [-0.15, -0.1) is 0 Å². The topological polar surface area (TPSA) is 0 Å². The molecule has 0 N–H and O–H groups in total. The van der Waals surface area contributed by atoms with Crippen molar-refractivity contribution in [1.82, 2.24) is 0 Å². The Hall–Kier alpha value is -0.780. The minimum absolute atomic E-state index is 1.17. The van der Waals surface area contributed by atoms with Crippen LogP contribution in [0.25, 0.3) is 0 Å². The van der Waals surface area contributed by atoms with Crippen molar-refractivity contribution >= 4 is 0 Å². The molecule has 0 bridgehead atoms. The summed E-state index contributed by atoms with van der Waals surface area (Å²) in [6, 6.07) is 0. The molecule has 0 fully saturated rings. The standard InChI is InChI=1S/C12H20/c1-4-6-7-8-9-10-11-12(3)5-2/h4,6-7,11H,1,5,8-10H2,2-3H3. The summed E-state index contributed by atoms with van der Waals surface area (Å²) in [5, 5.41) is 0. The van der Waals surface area contributed by atoms with Gasteiger partial charge in [-0.1, -0.05) is 43.4 Å². The molecule has 0 atom stereocenters. The van der Waals surface area contributed by atoms with E-state index in [-0.39, 0.29) is 0 Å². The summed E-state index contributed by atoms with van der Waals surface area (Å²) in [6.07, 6.45) is 13.2. The SMILES string of the molecule is C=CC=CCCCC=C(C)CC. The Morgan fingerprint density at radius 3 is 2.67 bits per heavy atom. The van der Waals surface area contributed by atoms with E-state index in [1.807, 2.05) is 12.2 Å². The molecule has 0 amide bonds. The zero-order valence-corrected chi connectivity index (χ0v) is 8.34. The van der Waals surface area contributed by atoms with Crippen LogP contribution < -0.4 is 0 Å². The minimum Gasteiger partial charge on any atom is -0.0991 e. The summed E-state index contributed by atoms with van der Waals surface area (Å²) < 4.78 is 0. The molecule has 0 spiro atoms. The zero-order chi connectivity index (χ0) is 9.23. The minimum atomic E-state index is 1.17. The molecule has 0 saturated carbocycles. The smallest absolute Gasteiger partial charge is 0.0345 e. The molecule has 0 aliphatic carbocycles. The summed E-state index contributed by atoms with van der Waals surface area (Å²) in [5.41, 5.74) is 1.50. The quantitative estimate of drug-likeness (QED) is 0.313. The van der Waals surface area contributed by atoms with Gasteiger partial charge in [-0.2, -0.15) is 0 Å². The molecule has 68 valence electrons. The van der Waals surface area contributed by atoms with E-state index in [1.54, 1.807) is 0 Å². The molecule has 12 heavy (non-hydrogen) atoms. The van der Waals surface area contributed by atoms with E-state index >= 15 is 0 Å². The van der Waals surface area contributed by atoms with Crippen molar-refractivity contribution in [3.05, 3.63) is 36.5 Å². The summed E-state index contributed by atoms with van der Waals surface area (Å²) in [6.45, 7) is 8.01. The molecule has 0 aromatic carbocycles. The van der Waals surface area contributed by atoms with Gasteiger partial charge in [0, 0.05) is 0 Å². The molecule has 0 saturated heterocycles. The van der Waals surface area contributed by atoms with Crippen LogP contribution in [0.15, 0.2) is 36.5 Å². The van der Waals surface area contributed by atoms with Crippen molar-refractivity contribution < 1.29 is 0 Å². The average molecular weight is 164 g/mol. The summed E-state index contributed by atoms with van der Waals surface area (Å²) in [5.74, 6) is 0. The van der Waals surface area contributed by atoms with Crippen molar-refractivity contribution in [2.24, 2.45) is 0 Å². The fourth-order valence-corrected chi connectivity index (χ4v) is 0.921. The summed E-state index contributed by atoms with van der Waals surface area (Å²) in [4.78, 5) is 0. The fraction of sp³-hybridized carbons (Fsp3) is 0.500. The molecule has 0 rings (SSSR count). The maximum atomic E-state index is 3.62. The predicted molar refractivity (Wildman–Crippen MR) is 57.2 cm³/mol. The maximum absolute atomic E-state index is 3.62. The van der Waals surface area contributed by atoms with Crippen LogP contribution in [0.5, 0.6) is 0 Å². The van der Waals surface area contributed by atoms with Gasteiger partial charge < -0.3 is 0 Å². The van der Waals surface area contributed by atoms with Crippen LogP contribution in [0.1, 0.15) is 39.5 Å². The van der Waals surface area contributed by atoms with Gasteiger partial charge in [-0.05, 0) is 32.6 Å². The molecule has 0 aromatic heterocycles. The lowest BCUT2D eigenvalue weighted by Crippen LogP contribution is -1.73.